The fourth-order valence-corrected chi connectivity index (χ4v) is 2.74. The smallest absolute Gasteiger partial charge is 0.266 e. The lowest BCUT2D eigenvalue weighted by Gasteiger charge is -2.18. The van der Waals surface area contributed by atoms with Gasteiger partial charge in [0.1, 0.15) is 12.7 Å². The number of hydrogen-bond acceptors (Lipinski definition) is 4. The molecule has 0 N–H and O–H groups in total. The summed E-state index contributed by atoms with van der Waals surface area (Å²) in [5, 5.41) is 7.55. The molecule has 0 saturated heterocycles. The predicted octanol–water partition coefficient (Wildman–Crippen LogP) is 2.38. The molecule has 0 spiro atoms. The van der Waals surface area contributed by atoms with Crippen LogP contribution < -0.4 is 4.90 Å². The maximum absolute atomic E-state index is 12.6. The van der Waals surface area contributed by atoms with Crippen LogP contribution in [-0.4, -0.2) is 26.6 Å². The summed E-state index contributed by atoms with van der Waals surface area (Å²) in [6.45, 7) is 1.87. The molecule has 6 heteroatoms. The molecule has 4 rings (SSSR count). The first kappa shape index (κ1) is 13.4. The van der Waals surface area contributed by atoms with E-state index in [0.29, 0.717) is 16.8 Å². The molecule has 0 bridgehead atoms. The Morgan fingerprint density at radius 2 is 1.48 bits per heavy atom. The molecule has 0 fully saturated rings. The van der Waals surface area contributed by atoms with Crippen molar-refractivity contribution in [2.75, 3.05) is 4.90 Å². The minimum Gasteiger partial charge on any atom is -0.288 e. The summed E-state index contributed by atoms with van der Waals surface area (Å²) in [6, 6.07) is 12.4. The highest BCUT2D eigenvalue weighted by Gasteiger charge is 2.37. The lowest BCUT2D eigenvalue weighted by molar-refractivity contribution is 0.0926. The number of aryl methyl sites for hydroxylation is 1. The molecule has 23 heavy (non-hydrogen) atoms. The Labute approximate surface area is 132 Å². The molecule has 2 heterocycles. The number of amides is 2. The predicted molar refractivity (Wildman–Crippen MR) is 83.7 cm³/mol. The van der Waals surface area contributed by atoms with Crippen LogP contribution in [0.4, 0.5) is 5.69 Å². The van der Waals surface area contributed by atoms with E-state index in [2.05, 4.69) is 10.2 Å². The second-order valence-corrected chi connectivity index (χ2v) is 5.33. The summed E-state index contributed by atoms with van der Waals surface area (Å²) in [5.41, 5.74) is 3.07. The number of fused-ring (bicyclic) bond motifs is 1. The zero-order chi connectivity index (χ0) is 16.0. The van der Waals surface area contributed by atoms with E-state index in [1.807, 2.05) is 19.1 Å². The Hall–Kier alpha value is -3.28. The molecule has 0 atom stereocenters. The SMILES string of the molecule is Cc1ccc(-n2cnnc2)cc1N1C(=O)c2ccccc2C1=O. The Kier molecular flexibility index (Phi) is 2.84. The summed E-state index contributed by atoms with van der Waals surface area (Å²) >= 11 is 0. The van der Waals surface area contributed by atoms with Crippen LogP contribution in [-0.2, 0) is 0 Å². The van der Waals surface area contributed by atoms with Crippen molar-refractivity contribution in [1.29, 1.82) is 0 Å². The van der Waals surface area contributed by atoms with Crippen LogP contribution in [0.15, 0.2) is 55.1 Å². The van der Waals surface area contributed by atoms with Crippen LogP contribution in [0.5, 0.6) is 0 Å². The molecule has 0 saturated carbocycles. The van der Waals surface area contributed by atoms with Crippen LogP contribution in [0, 0.1) is 6.92 Å². The lowest BCUT2D eigenvalue weighted by Crippen LogP contribution is -2.30. The van der Waals surface area contributed by atoms with Gasteiger partial charge in [-0.3, -0.25) is 14.2 Å². The van der Waals surface area contributed by atoms with E-state index in [9.17, 15) is 9.59 Å². The van der Waals surface area contributed by atoms with Crippen LogP contribution >= 0.6 is 0 Å². The Bertz CT molecular complexity index is 897. The third kappa shape index (κ3) is 1.96. The summed E-state index contributed by atoms with van der Waals surface area (Å²) in [7, 11) is 0. The molecule has 6 nitrogen and oxygen atoms in total. The van der Waals surface area contributed by atoms with Crippen molar-refractivity contribution in [3.05, 3.63) is 71.8 Å². The van der Waals surface area contributed by atoms with E-state index >= 15 is 0 Å². The number of hydrogen-bond donors (Lipinski definition) is 0. The number of carbonyl (C=O) groups is 2. The largest absolute Gasteiger partial charge is 0.288 e. The Morgan fingerprint density at radius 3 is 2.09 bits per heavy atom. The zero-order valence-corrected chi connectivity index (χ0v) is 12.3. The van der Waals surface area contributed by atoms with Crippen molar-refractivity contribution in [1.82, 2.24) is 14.8 Å². The molecule has 2 aromatic carbocycles. The van der Waals surface area contributed by atoms with Gasteiger partial charge in [-0.2, -0.15) is 0 Å². The number of nitrogens with zero attached hydrogens (tertiary/aromatic N) is 4. The number of anilines is 1. The van der Waals surface area contributed by atoms with Crippen molar-refractivity contribution < 1.29 is 9.59 Å². The molecule has 1 aliphatic rings. The lowest BCUT2D eigenvalue weighted by atomic mass is 10.1. The van der Waals surface area contributed by atoms with Crippen LogP contribution in [0.3, 0.4) is 0 Å². The van der Waals surface area contributed by atoms with E-state index in [-0.39, 0.29) is 11.8 Å². The van der Waals surface area contributed by atoms with Gasteiger partial charge < -0.3 is 0 Å². The third-order valence-corrected chi connectivity index (χ3v) is 3.94. The summed E-state index contributed by atoms with van der Waals surface area (Å²) in [4.78, 5) is 26.5. The van der Waals surface area contributed by atoms with E-state index < -0.39 is 0 Å². The molecule has 0 radical (unpaired) electrons. The monoisotopic (exact) mass is 304 g/mol. The summed E-state index contributed by atoms with van der Waals surface area (Å²) in [5.74, 6) is -0.593. The van der Waals surface area contributed by atoms with Crippen LogP contribution in [0.1, 0.15) is 26.3 Å². The molecular formula is C17H12N4O2. The van der Waals surface area contributed by atoms with Crippen molar-refractivity contribution >= 4 is 17.5 Å². The van der Waals surface area contributed by atoms with E-state index in [0.717, 1.165) is 11.3 Å². The third-order valence-electron chi connectivity index (χ3n) is 3.94. The highest BCUT2D eigenvalue weighted by atomic mass is 16.2. The van der Waals surface area contributed by atoms with Gasteiger partial charge >= 0.3 is 0 Å². The number of carbonyl (C=O) groups excluding carboxylic acids is 2. The van der Waals surface area contributed by atoms with Gasteiger partial charge in [-0.1, -0.05) is 18.2 Å². The Morgan fingerprint density at radius 1 is 0.870 bits per heavy atom. The van der Waals surface area contributed by atoms with Gasteiger partial charge in [0.25, 0.3) is 11.8 Å². The molecule has 0 unspecified atom stereocenters. The van der Waals surface area contributed by atoms with E-state index in [1.165, 1.54) is 4.90 Å². The number of imide groups is 1. The van der Waals surface area contributed by atoms with Gasteiger partial charge in [-0.25, -0.2) is 4.90 Å². The first-order valence-electron chi connectivity index (χ1n) is 7.10. The normalized spacial score (nSPS) is 13.5. The number of benzene rings is 2. The standard InChI is InChI=1S/C17H12N4O2/c1-11-6-7-12(20-9-18-19-10-20)8-15(11)21-16(22)13-4-2-3-5-14(13)17(21)23/h2-10H,1H3. The molecular weight excluding hydrogens is 292 g/mol. The van der Waals surface area contributed by atoms with Crippen molar-refractivity contribution in [2.45, 2.75) is 6.92 Å². The van der Waals surface area contributed by atoms with E-state index in [4.69, 9.17) is 0 Å². The quantitative estimate of drug-likeness (QED) is 0.682. The van der Waals surface area contributed by atoms with Gasteiger partial charge in [-0.15, -0.1) is 10.2 Å². The molecule has 3 aromatic rings. The highest BCUT2D eigenvalue weighted by Crippen LogP contribution is 2.31. The van der Waals surface area contributed by atoms with Gasteiger partial charge in [-0.05, 0) is 36.8 Å². The zero-order valence-electron chi connectivity index (χ0n) is 12.3. The van der Waals surface area contributed by atoms with Crippen molar-refractivity contribution in [2.24, 2.45) is 0 Å². The molecule has 1 aliphatic heterocycles. The number of rotatable bonds is 2. The first-order valence-corrected chi connectivity index (χ1v) is 7.10. The summed E-state index contributed by atoms with van der Waals surface area (Å²) < 4.78 is 1.72. The fraction of sp³-hybridized carbons (Fsp3) is 0.0588. The molecule has 0 aliphatic carbocycles. The average Bonchev–Trinajstić information content (AvgIpc) is 3.18. The fourth-order valence-electron chi connectivity index (χ4n) is 2.74. The van der Waals surface area contributed by atoms with Gasteiger partial charge in [0, 0.05) is 0 Å². The minimum absolute atomic E-state index is 0.297. The topological polar surface area (TPSA) is 68.1 Å². The highest BCUT2D eigenvalue weighted by molar-refractivity contribution is 6.34. The maximum Gasteiger partial charge on any atom is 0.266 e. The second kappa shape index (κ2) is 4.88. The van der Waals surface area contributed by atoms with Crippen LogP contribution in [0.25, 0.3) is 5.69 Å². The van der Waals surface area contributed by atoms with Crippen molar-refractivity contribution in [3.8, 4) is 5.69 Å². The van der Waals surface area contributed by atoms with Crippen molar-refractivity contribution in [3.63, 3.8) is 0 Å². The average molecular weight is 304 g/mol. The molecule has 1 aromatic heterocycles. The van der Waals surface area contributed by atoms with Gasteiger partial charge in [0.15, 0.2) is 0 Å². The molecule has 2 amide bonds. The summed E-state index contributed by atoms with van der Waals surface area (Å²) in [6.07, 6.45) is 3.13. The second-order valence-electron chi connectivity index (χ2n) is 5.33. The number of aromatic nitrogens is 3. The first-order chi connectivity index (χ1) is 11.2. The van der Waals surface area contributed by atoms with E-state index in [1.54, 1.807) is 47.6 Å². The maximum atomic E-state index is 12.6. The van der Waals surface area contributed by atoms with Gasteiger partial charge in [0.05, 0.1) is 22.5 Å². The molecule has 112 valence electrons. The van der Waals surface area contributed by atoms with Crippen LogP contribution in [0.2, 0.25) is 0 Å². The van der Waals surface area contributed by atoms with Gasteiger partial charge in [0.2, 0.25) is 0 Å². The minimum atomic E-state index is -0.297. The Balaban J connectivity index is 1.84.